The zero-order valence-electron chi connectivity index (χ0n) is 20.9. The van der Waals surface area contributed by atoms with Crippen molar-refractivity contribution in [1.82, 2.24) is 0 Å². The van der Waals surface area contributed by atoms with E-state index in [1.54, 1.807) is 24.3 Å². The minimum Gasteiger partial charge on any atom is -0.496 e. The highest BCUT2D eigenvalue weighted by Crippen LogP contribution is 2.40. The van der Waals surface area contributed by atoms with Crippen molar-refractivity contribution in [2.75, 3.05) is 12.4 Å². The van der Waals surface area contributed by atoms with E-state index in [-0.39, 0.29) is 19.4 Å². The number of carbonyl (C=O) groups excluding carboxylic acids is 2. The fraction of sp³-hybridized carbons (Fsp3) is 0.310. The quantitative estimate of drug-likeness (QED) is 0.429. The van der Waals surface area contributed by atoms with Gasteiger partial charge in [-0.15, -0.1) is 0 Å². The Hall–Kier alpha value is -3.71. The molecule has 3 aromatic rings. The third-order valence-electron chi connectivity index (χ3n) is 6.57. The summed E-state index contributed by atoms with van der Waals surface area (Å²) in [4.78, 5) is 25.4. The highest BCUT2D eigenvalue weighted by Gasteiger charge is 2.43. The minimum atomic E-state index is -1.85. The summed E-state index contributed by atoms with van der Waals surface area (Å²) in [6.45, 7) is 5.77. The number of hydrogen-bond acceptors (Lipinski definition) is 5. The number of aryl methyl sites for hydroxylation is 1. The number of benzene rings is 3. The third-order valence-corrected chi connectivity index (χ3v) is 6.57. The average Bonchev–Trinajstić information content (AvgIpc) is 3.18. The summed E-state index contributed by atoms with van der Waals surface area (Å²) in [5.74, 6) is -0.953. The maximum Gasteiger partial charge on any atom is 0.338 e. The summed E-state index contributed by atoms with van der Waals surface area (Å²) in [7, 11) is 1.50. The highest BCUT2D eigenvalue weighted by atomic mass is 19.1. The summed E-state index contributed by atoms with van der Waals surface area (Å²) in [6.07, 6.45) is 0.0419. The van der Waals surface area contributed by atoms with E-state index in [1.165, 1.54) is 19.2 Å². The predicted octanol–water partition coefficient (Wildman–Crippen LogP) is 5.09. The number of ether oxygens (including phenoxy) is 2. The van der Waals surface area contributed by atoms with Crippen molar-refractivity contribution >= 4 is 17.6 Å². The minimum absolute atomic E-state index is 0.00781. The van der Waals surface area contributed by atoms with Gasteiger partial charge in [-0.3, -0.25) is 4.79 Å². The van der Waals surface area contributed by atoms with Crippen LogP contribution in [0.1, 0.15) is 52.9 Å². The Labute approximate surface area is 210 Å². The number of fused-ring (bicyclic) bond motifs is 1. The molecule has 36 heavy (non-hydrogen) atoms. The van der Waals surface area contributed by atoms with Gasteiger partial charge in [0.2, 0.25) is 0 Å². The van der Waals surface area contributed by atoms with Gasteiger partial charge in [-0.25, -0.2) is 9.18 Å². The molecule has 1 heterocycles. The topological polar surface area (TPSA) is 84.9 Å². The summed E-state index contributed by atoms with van der Waals surface area (Å²) in [5.41, 5.74) is 1.25. The lowest BCUT2D eigenvalue weighted by Gasteiger charge is -2.36. The van der Waals surface area contributed by atoms with Crippen LogP contribution in [0.2, 0.25) is 0 Å². The van der Waals surface area contributed by atoms with Gasteiger partial charge in [-0.1, -0.05) is 43.7 Å². The number of rotatable bonds is 8. The Morgan fingerprint density at radius 1 is 1.14 bits per heavy atom. The molecule has 6 nitrogen and oxygen atoms in total. The lowest BCUT2D eigenvalue weighted by molar-refractivity contribution is -0.136. The van der Waals surface area contributed by atoms with Gasteiger partial charge in [0.05, 0.1) is 12.7 Å². The number of methoxy groups -OCH3 is 1. The molecule has 0 aromatic heterocycles. The van der Waals surface area contributed by atoms with E-state index < -0.39 is 28.7 Å². The molecule has 0 aliphatic carbocycles. The number of esters is 1. The summed E-state index contributed by atoms with van der Waals surface area (Å²) in [6, 6.07) is 16.7. The number of anilines is 1. The summed E-state index contributed by atoms with van der Waals surface area (Å²) >= 11 is 0. The third kappa shape index (κ3) is 5.26. The molecule has 1 unspecified atom stereocenters. The monoisotopic (exact) mass is 491 g/mol. The standard InChI is InChI=1S/C29H30FNO5/c1-18-6-5-7-19(12-18)15-29(34,17-28(2,3)24-14-21(30)8-11-25(24)35-4)27(33)31-22-9-10-23-20(13-22)16-36-26(23)32/h5-14,34H,15-17H2,1-4H3,(H,31,33). The van der Waals surface area contributed by atoms with Crippen molar-refractivity contribution in [3.63, 3.8) is 0 Å². The van der Waals surface area contributed by atoms with Crippen molar-refractivity contribution in [3.8, 4) is 5.75 Å². The number of nitrogens with one attached hydrogen (secondary N) is 1. The molecule has 1 aliphatic heterocycles. The van der Waals surface area contributed by atoms with Crippen molar-refractivity contribution in [1.29, 1.82) is 0 Å². The molecule has 0 saturated carbocycles. The van der Waals surface area contributed by atoms with Crippen LogP contribution in [0.5, 0.6) is 5.75 Å². The van der Waals surface area contributed by atoms with Crippen LogP contribution in [0.4, 0.5) is 10.1 Å². The largest absolute Gasteiger partial charge is 0.496 e. The van der Waals surface area contributed by atoms with E-state index >= 15 is 0 Å². The normalized spacial score (nSPS) is 14.6. The molecule has 188 valence electrons. The first-order chi connectivity index (χ1) is 17.0. The number of carbonyl (C=O) groups is 2. The van der Waals surface area contributed by atoms with Gasteiger partial charge < -0.3 is 19.9 Å². The van der Waals surface area contributed by atoms with E-state index in [2.05, 4.69) is 5.32 Å². The van der Waals surface area contributed by atoms with E-state index in [1.807, 2.05) is 45.0 Å². The lowest BCUT2D eigenvalue weighted by atomic mass is 9.72. The van der Waals surface area contributed by atoms with Gasteiger partial charge in [-0.2, -0.15) is 0 Å². The van der Waals surface area contributed by atoms with Crippen molar-refractivity contribution in [2.45, 2.75) is 51.2 Å². The van der Waals surface area contributed by atoms with Gasteiger partial charge in [0.15, 0.2) is 0 Å². The van der Waals surface area contributed by atoms with Gasteiger partial charge in [-0.05, 0) is 60.7 Å². The molecular formula is C29H30FNO5. The summed E-state index contributed by atoms with van der Waals surface area (Å²) in [5, 5.41) is 14.7. The number of halogens is 1. The molecular weight excluding hydrogens is 461 g/mol. The second kappa shape index (κ2) is 9.74. The fourth-order valence-corrected chi connectivity index (χ4v) is 4.88. The van der Waals surface area contributed by atoms with Crippen LogP contribution in [-0.2, 0) is 28.0 Å². The highest BCUT2D eigenvalue weighted by molar-refractivity contribution is 5.99. The lowest BCUT2D eigenvalue weighted by Crippen LogP contribution is -2.49. The Morgan fingerprint density at radius 3 is 2.64 bits per heavy atom. The van der Waals surface area contributed by atoms with Crippen molar-refractivity contribution in [3.05, 3.63) is 94.3 Å². The predicted molar refractivity (Wildman–Crippen MR) is 135 cm³/mol. The van der Waals surface area contributed by atoms with Crippen LogP contribution in [0.3, 0.4) is 0 Å². The Balaban J connectivity index is 1.69. The first-order valence-electron chi connectivity index (χ1n) is 11.7. The molecule has 0 saturated heterocycles. The van der Waals surface area contributed by atoms with E-state index in [0.29, 0.717) is 28.1 Å². The molecule has 0 fully saturated rings. The van der Waals surface area contributed by atoms with Crippen LogP contribution in [0.25, 0.3) is 0 Å². The SMILES string of the molecule is COc1ccc(F)cc1C(C)(C)CC(O)(Cc1cccc(C)c1)C(=O)Nc1ccc2c(c1)COC2=O. The first-order valence-corrected chi connectivity index (χ1v) is 11.7. The smallest absolute Gasteiger partial charge is 0.338 e. The molecule has 1 amide bonds. The average molecular weight is 492 g/mol. The first kappa shape index (κ1) is 25.4. The zero-order valence-corrected chi connectivity index (χ0v) is 20.9. The van der Waals surface area contributed by atoms with Crippen LogP contribution < -0.4 is 10.1 Å². The second-order valence-electron chi connectivity index (χ2n) is 10.0. The molecule has 4 rings (SSSR count). The molecule has 1 atom stereocenters. The maximum absolute atomic E-state index is 14.2. The second-order valence-corrected chi connectivity index (χ2v) is 10.0. The van der Waals surface area contributed by atoms with E-state index in [9.17, 15) is 19.1 Å². The van der Waals surface area contributed by atoms with Crippen LogP contribution >= 0.6 is 0 Å². The molecule has 0 spiro atoms. The van der Waals surface area contributed by atoms with Gasteiger partial charge >= 0.3 is 5.97 Å². The molecule has 3 aromatic carbocycles. The van der Waals surface area contributed by atoms with Gasteiger partial charge in [0.1, 0.15) is 23.8 Å². The molecule has 7 heteroatoms. The van der Waals surface area contributed by atoms with Crippen LogP contribution in [0, 0.1) is 12.7 Å². The molecule has 1 aliphatic rings. The fourth-order valence-electron chi connectivity index (χ4n) is 4.88. The Bertz CT molecular complexity index is 1320. The Kier molecular flexibility index (Phi) is 6.87. The molecule has 0 bridgehead atoms. The molecule has 0 radical (unpaired) electrons. The number of cyclic esters (lactones) is 1. The zero-order chi connectivity index (χ0) is 26.1. The van der Waals surface area contributed by atoms with Crippen LogP contribution in [-0.4, -0.2) is 29.7 Å². The maximum atomic E-state index is 14.2. The summed E-state index contributed by atoms with van der Waals surface area (Å²) < 4.78 is 24.7. The number of hydrogen-bond donors (Lipinski definition) is 2. The van der Waals surface area contributed by atoms with Crippen molar-refractivity contribution in [2.24, 2.45) is 0 Å². The number of amides is 1. The van der Waals surface area contributed by atoms with Gasteiger partial charge in [0, 0.05) is 23.2 Å². The number of aliphatic hydroxyl groups is 1. The van der Waals surface area contributed by atoms with E-state index in [0.717, 1.165) is 11.1 Å². The van der Waals surface area contributed by atoms with E-state index in [4.69, 9.17) is 9.47 Å². The Morgan fingerprint density at radius 2 is 1.92 bits per heavy atom. The van der Waals surface area contributed by atoms with Crippen LogP contribution in [0.15, 0.2) is 60.7 Å². The molecule has 2 N–H and O–H groups in total. The van der Waals surface area contributed by atoms with Crippen molar-refractivity contribution < 1.29 is 28.6 Å². The van der Waals surface area contributed by atoms with Gasteiger partial charge in [0.25, 0.3) is 5.91 Å².